The summed E-state index contributed by atoms with van der Waals surface area (Å²) in [6.45, 7) is 4.04. The molecule has 1 amide bonds. The van der Waals surface area contributed by atoms with Gasteiger partial charge in [0, 0.05) is 23.7 Å². The summed E-state index contributed by atoms with van der Waals surface area (Å²) in [5.41, 5.74) is 0.202. The maximum absolute atomic E-state index is 15.1. The van der Waals surface area contributed by atoms with Gasteiger partial charge in [-0.05, 0) is 44.9 Å². The van der Waals surface area contributed by atoms with Gasteiger partial charge in [-0.25, -0.2) is 18.2 Å². The number of nitrogens with zero attached hydrogens (tertiary/aromatic N) is 2. The van der Waals surface area contributed by atoms with Crippen molar-refractivity contribution in [3.8, 4) is 0 Å². The first-order valence-electron chi connectivity index (χ1n) is 10.7. The first-order valence-corrected chi connectivity index (χ1v) is 11.0. The van der Waals surface area contributed by atoms with Crippen LogP contribution in [0.4, 0.5) is 18.9 Å². The molecule has 1 saturated heterocycles. The number of nitrogens with one attached hydrogen (secondary N) is 2. The summed E-state index contributed by atoms with van der Waals surface area (Å²) in [5.74, 6) is -4.38. The van der Waals surface area contributed by atoms with Gasteiger partial charge in [-0.2, -0.15) is 0 Å². The Bertz CT molecular complexity index is 1140. The van der Waals surface area contributed by atoms with Crippen molar-refractivity contribution in [1.29, 1.82) is 0 Å². The van der Waals surface area contributed by atoms with Crippen molar-refractivity contribution in [3.63, 3.8) is 0 Å². The van der Waals surface area contributed by atoms with Gasteiger partial charge in [-0.1, -0.05) is 24.4 Å². The van der Waals surface area contributed by atoms with Gasteiger partial charge in [0.2, 0.25) is 0 Å². The van der Waals surface area contributed by atoms with Crippen LogP contribution in [0, 0.1) is 24.4 Å². The zero-order valence-corrected chi connectivity index (χ0v) is 18.6. The third-order valence-corrected chi connectivity index (χ3v) is 6.13. The molecular weight excluding hydrogens is 441 g/mol. The van der Waals surface area contributed by atoms with Crippen molar-refractivity contribution in [2.24, 2.45) is 0 Å². The second kappa shape index (κ2) is 9.02. The lowest BCUT2D eigenvalue weighted by atomic mass is 10.0. The second-order valence-corrected chi connectivity index (χ2v) is 8.61. The largest absolute Gasteiger partial charge is 0.369 e. The maximum atomic E-state index is 15.1. The smallest absolute Gasteiger partial charge is 0.257 e. The standard InChI is InChI=1S/C23H24ClF3N4O/c1-12-18(25)17(19(26)20(27)21(12)31-9-5-3-4-6-10-31)23(32)28-13(2)22-29-15-8-7-14(24)11-16(15)30-22/h7-8,11,13H,3-6,9-10H2,1-2H3,(H,28,32)(H,29,30)/t13-/m0/s1. The maximum Gasteiger partial charge on any atom is 0.257 e. The zero-order chi connectivity index (χ0) is 23.0. The number of amides is 1. The number of carbonyl (C=O) groups is 1. The summed E-state index contributed by atoms with van der Waals surface area (Å²) in [6, 6.07) is 4.37. The molecule has 0 spiro atoms. The van der Waals surface area contributed by atoms with E-state index in [0.29, 0.717) is 35.0 Å². The molecule has 2 heterocycles. The van der Waals surface area contributed by atoms with E-state index in [4.69, 9.17) is 11.6 Å². The fraction of sp³-hybridized carbons (Fsp3) is 0.391. The van der Waals surface area contributed by atoms with Crippen molar-refractivity contribution in [2.75, 3.05) is 18.0 Å². The van der Waals surface area contributed by atoms with Gasteiger partial charge in [0.15, 0.2) is 11.6 Å². The monoisotopic (exact) mass is 464 g/mol. The number of benzene rings is 2. The Morgan fingerprint density at radius 1 is 1.12 bits per heavy atom. The quantitative estimate of drug-likeness (QED) is 0.479. The molecule has 2 aromatic carbocycles. The minimum atomic E-state index is -1.48. The average Bonchev–Trinajstić information content (AvgIpc) is 2.99. The molecule has 0 radical (unpaired) electrons. The van der Waals surface area contributed by atoms with E-state index >= 15 is 8.78 Å². The molecule has 0 aliphatic carbocycles. The Morgan fingerprint density at radius 3 is 2.50 bits per heavy atom. The molecular formula is C23H24ClF3N4O. The van der Waals surface area contributed by atoms with Crippen LogP contribution in [-0.4, -0.2) is 29.0 Å². The number of fused-ring (bicyclic) bond motifs is 1. The van der Waals surface area contributed by atoms with E-state index in [2.05, 4.69) is 15.3 Å². The summed E-state index contributed by atoms with van der Waals surface area (Å²) in [6.07, 6.45) is 3.64. The highest BCUT2D eigenvalue weighted by molar-refractivity contribution is 6.31. The third-order valence-electron chi connectivity index (χ3n) is 5.89. The van der Waals surface area contributed by atoms with Crippen LogP contribution in [0.25, 0.3) is 11.0 Å². The minimum absolute atomic E-state index is 0.0676. The summed E-state index contributed by atoms with van der Waals surface area (Å²) in [4.78, 5) is 21.8. The summed E-state index contributed by atoms with van der Waals surface area (Å²) in [7, 11) is 0. The number of aromatic nitrogens is 2. The predicted octanol–water partition coefficient (Wildman–Crippen LogP) is 5.81. The molecule has 170 valence electrons. The van der Waals surface area contributed by atoms with Crippen LogP contribution in [0.5, 0.6) is 0 Å². The topological polar surface area (TPSA) is 61.0 Å². The molecule has 1 aromatic heterocycles. The van der Waals surface area contributed by atoms with Crippen molar-refractivity contribution in [3.05, 3.63) is 57.6 Å². The van der Waals surface area contributed by atoms with E-state index in [1.54, 1.807) is 30.0 Å². The summed E-state index contributed by atoms with van der Waals surface area (Å²) in [5, 5.41) is 3.02. The van der Waals surface area contributed by atoms with Crippen LogP contribution in [-0.2, 0) is 0 Å². The predicted molar refractivity (Wildman–Crippen MR) is 119 cm³/mol. The summed E-state index contributed by atoms with van der Waals surface area (Å²) < 4.78 is 45.1. The lowest BCUT2D eigenvalue weighted by Crippen LogP contribution is -2.31. The molecule has 4 rings (SSSR count). The number of H-pyrrole nitrogens is 1. The molecule has 1 fully saturated rings. The van der Waals surface area contributed by atoms with E-state index in [1.165, 1.54) is 6.92 Å². The molecule has 1 aliphatic rings. The summed E-state index contributed by atoms with van der Waals surface area (Å²) >= 11 is 5.97. The van der Waals surface area contributed by atoms with E-state index in [9.17, 15) is 9.18 Å². The molecule has 0 saturated carbocycles. The number of anilines is 1. The minimum Gasteiger partial charge on any atom is -0.369 e. The number of hydrogen-bond donors (Lipinski definition) is 2. The van der Waals surface area contributed by atoms with Gasteiger partial charge in [0.05, 0.1) is 22.8 Å². The zero-order valence-electron chi connectivity index (χ0n) is 17.9. The highest BCUT2D eigenvalue weighted by atomic mass is 35.5. The van der Waals surface area contributed by atoms with Crippen LogP contribution >= 0.6 is 11.6 Å². The number of hydrogen-bond acceptors (Lipinski definition) is 3. The molecule has 0 bridgehead atoms. The first kappa shape index (κ1) is 22.5. The number of halogens is 4. The number of imidazole rings is 1. The molecule has 1 atom stereocenters. The van der Waals surface area contributed by atoms with Gasteiger partial charge in [0.25, 0.3) is 5.91 Å². The average molecular weight is 465 g/mol. The van der Waals surface area contributed by atoms with E-state index in [-0.39, 0.29) is 11.3 Å². The number of rotatable bonds is 4. The lowest BCUT2D eigenvalue weighted by Gasteiger charge is -2.26. The molecule has 1 aliphatic heterocycles. The van der Waals surface area contributed by atoms with Gasteiger partial charge in [0.1, 0.15) is 17.2 Å². The van der Waals surface area contributed by atoms with Crippen LogP contribution in [0.2, 0.25) is 5.02 Å². The highest BCUT2D eigenvalue weighted by Gasteiger charge is 2.30. The first-order chi connectivity index (χ1) is 15.3. The van der Waals surface area contributed by atoms with Crippen LogP contribution < -0.4 is 10.2 Å². The Morgan fingerprint density at radius 2 is 1.81 bits per heavy atom. The fourth-order valence-corrected chi connectivity index (χ4v) is 4.35. The Hall–Kier alpha value is -2.74. The fourth-order valence-electron chi connectivity index (χ4n) is 4.18. The van der Waals surface area contributed by atoms with Crippen molar-refractivity contribution in [1.82, 2.24) is 15.3 Å². The van der Waals surface area contributed by atoms with E-state index < -0.39 is 35.0 Å². The number of aromatic amines is 1. The normalized spacial score (nSPS) is 15.6. The molecule has 5 nitrogen and oxygen atoms in total. The van der Waals surface area contributed by atoms with Crippen molar-refractivity contribution >= 4 is 34.2 Å². The third kappa shape index (κ3) is 4.16. The Balaban J connectivity index is 1.62. The lowest BCUT2D eigenvalue weighted by molar-refractivity contribution is 0.0928. The van der Waals surface area contributed by atoms with Crippen molar-refractivity contribution < 1.29 is 18.0 Å². The molecule has 2 N–H and O–H groups in total. The van der Waals surface area contributed by atoms with E-state index in [1.807, 2.05) is 0 Å². The molecule has 0 unspecified atom stereocenters. The molecule has 32 heavy (non-hydrogen) atoms. The van der Waals surface area contributed by atoms with E-state index in [0.717, 1.165) is 25.7 Å². The van der Waals surface area contributed by atoms with Gasteiger partial charge in [-0.15, -0.1) is 0 Å². The number of carbonyl (C=O) groups excluding carboxylic acids is 1. The Labute approximate surface area is 189 Å². The van der Waals surface area contributed by atoms with Crippen LogP contribution in [0.15, 0.2) is 18.2 Å². The molecule has 3 aromatic rings. The van der Waals surface area contributed by atoms with Crippen molar-refractivity contribution in [2.45, 2.75) is 45.6 Å². The van der Waals surface area contributed by atoms with Crippen LogP contribution in [0.3, 0.4) is 0 Å². The SMILES string of the molecule is Cc1c(F)c(C(=O)N[C@@H](C)c2nc3ccc(Cl)cc3[nH]2)c(F)c(F)c1N1CCCCCC1. The van der Waals surface area contributed by atoms with Gasteiger partial charge < -0.3 is 15.2 Å². The van der Waals surface area contributed by atoms with Crippen LogP contribution in [0.1, 0.15) is 60.4 Å². The highest BCUT2D eigenvalue weighted by Crippen LogP contribution is 2.33. The van der Waals surface area contributed by atoms with Gasteiger partial charge >= 0.3 is 0 Å². The Kier molecular flexibility index (Phi) is 6.33. The second-order valence-electron chi connectivity index (χ2n) is 8.17. The van der Waals surface area contributed by atoms with Gasteiger partial charge in [-0.3, -0.25) is 4.79 Å². The molecule has 9 heteroatoms.